The SMILES string of the molecule is CC1(c2ccc(C(c3ccc(C4(C)CCCCC4)cc3)[C@@H]3CCCN3)cc2)CCCCC1. The monoisotopic (exact) mass is 429 g/mol. The van der Waals surface area contributed by atoms with Gasteiger partial charge in [0.2, 0.25) is 0 Å². The topological polar surface area (TPSA) is 12.0 Å². The summed E-state index contributed by atoms with van der Waals surface area (Å²) in [5.41, 5.74) is 6.86. The minimum absolute atomic E-state index is 0.384. The maximum absolute atomic E-state index is 3.82. The van der Waals surface area contributed by atoms with Crippen molar-refractivity contribution in [1.29, 1.82) is 0 Å². The fraction of sp³-hybridized carbons (Fsp3) is 0.613. The Hall–Kier alpha value is -1.60. The van der Waals surface area contributed by atoms with E-state index in [0.717, 1.165) is 6.54 Å². The molecule has 1 N–H and O–H groups in total. The Balaban J connectivity index is 1.42. The largest absolute Gasteiger partial charge is 0.313 e. The summed E-state index contributed by atoms with van der Waals surface area (Å²) >= 11 is 0. The summed E-state index contributed by atoms with van der Waals surface area (Å²) in [4.78, 5) is 0. The van der Waals surface area contributed by atoms with Gasteiger partial charge >= 0.3 is 0 Å². The third-order valence-electron chi connectivity index (χ3n) is 9.35. The Morgan fingerprint density at radius 3 is 1.44 bits per heavy atom. The van der Waals surface area contributed by atoms with Crippen molar-refractivity contribution < 1.29 is 0 Å². The fourth-order valence-electron chi connectivity index (χ4n) is 7.08. The molecule has 2 aliphatic carbocycles. The van der Waals surface area contributed by atoms with Crippen LogP contribution < -0.4 is 5.32 Å². The van der Waals surface area contributed by atoms with E-state index in [1.54, 1.807) is 11.1 Å². The van der Waals surface area contributed by atoms with E-state index in [0.29, 0.717) is 22.8 Å². The van der Waals surface area contributed by atoms with Gasteiger partial charge in [-0.05, 0) is 78.2 Å². The molecule has 2 saturated carbocycles. The van der Waals surface area contributed by atoms with Crippen LogP contribution in [0.3, 0.4) is 0 Å². The lowest BCUT2D eigenvalue weighted by Crippen LogP contribution is -2.30. The van der Waals surface area contributed by atoms with Crippen LogP contribution in [0.25, 0.3) is 0 Å². The van der Waals surface area contributed by atoms with E-state index in [9.17, 15) is 0 Å². The van der Waals surface area contributed by atoms with Gasteiger partial charge in [-0.2, -0.15) is 0 Å². The second kappa shape index (κ2) is 9.34. The minimum Gasteiger partial charge on any atom is -0.313 e. The second-order valence-electron chi connectivity index (χ2n) is 11.7. The second-order valence-corrected chi connectivity index (χ2v) is 11.7. The first-order valence-electron chi connectivity index (χ1n) is 13.5. The molecule has 0 bridgehead atoms. The highest BCUT2D eigenvalue weighted by Gasteiger charge is 2.32. The van der Waals surface area contributed by atoms with E-state index in [1.807, 2.05) is 0 Å². The Bertz CT molecular complexity index is 792. The summed E-state index contributed by atoms with van der Waals surface area (Å²) in [5.74, 6) is 0.457. The Morgan fingerprint density at radius 1 is 0.625 bits per heavy atom. The average molecular weight is 430 g/mol. The van der Waals surface area contributed by atoms with Crippen LogP contribution in [-0.4, -0.2) is 12.6 Å². The van der Waals surface area contributed by atoms with E-state index in [2.05, 4.69) is 67.7 Å². The molecule has 0 amide bonds. The van der Waals surface area contributed by atoms with Crippen molar-refractivity contribution in [2.24, 2.45) is 0 Å². The van der Waals surface area contributed by atoms with Gasteiger partial charge in [-0.15, -0.1) is 0 Å². The fourth-order valence-corrected chi connectivity index (χ4v) is 7.08. The number of rotatable bonds is 5. The molecular weight excluding hydrogens is 386 g/mol. The van der Waals surface area contributed by atoms with Crippen molar-refractivity contribution in [2.45, 2.75) is 114 Å². The molecule has 0 spiro atoms. The van der Waals surface area contributed by atoms with E-state index >= 15 is 0 Å². The number of hydrogen-bond acceptors (Lipinski definition) is 1. The molecule has 1 saturated heterocycles. The van der Waals surface area contributed by atoms with Crippen LogP contribution in [0.1, 0.15) is 119 Å². The molecule has 1 atom stereocenters. The van der Waals surface area contributed by atoms with Crippen LogP contribution in [0, 0.1) is 0 Å². The molecule has 0 radical (unpaired) electrons. The Kier molecular flexibility index (Phi) is 6.48. The van der Waals surface area contributed by atoms with Crippen LogP contribution >= 0.6 is 0 Å². The van der Waals surface area contributed by atoms with Gasteiger partial charge in [0.25, 0.3) is 0 Å². The lowest BCUT2D eigenvalue weighted by atomic mass is 9.70. The summed E-state index contributed by atoms with van der Waals surface area (Å²) < 4.78 is 0. The summed E-state index contributed by atoms with van der Waals surface area (Å²) in [6.07, 6.45) is 16.3. The van der Waals surface area contributed by atoms with Crippen molar-refractivity contribution in [2.75, 3.05) is 6.54 Å². The third kappa shape index (κ3) is 4.43. The van der Waals surface area contributed by atoms with Gasteiger partial charge in [0.1, 0.15) is 0 Å². The highest BCUT2D eigenvalue weighted by Crippen LogP contribution is 2.42. The maximum Gasteiger partial charge on any atom is 0.0243 e. The van der Waals surface area contributed by atoms with Crippen LogP contribution in [0.5, 0.6) is 0 Å². The third-order valence-corrected chi connectivity index (χ3v) is 9.35. The first-order valence-corrected chi connectivity index (χ1v) is 13.5. The Labute approximate surface area is 196 Å². The summed E-state index contributed by atoms with van der Waals surface area (Å²) in [7, 11) is 0. The van der Waals surface area contributed by atoms with E-state index < -0.39 is 0 Å². The molecule has 0 unspecified atom stereocenters. The molecular formula is C31H43N. The lowest BCUT2D eigenvalue weighted by Gasteiger charge is -2.35. The molecule has 3 aliphatic rings. The predicted molar refractivity (Wildman–Crippen MR) is 137 cm³/mol. The van der Waals surface area contributed by atoms with E-state index in [4.69, 9.17) is 0 Å². The zero-order valence-electron chi connectivity index (χ0n) is 20.5. The number of nitrogens with one attached hydrogen (secondary N) is 1. The van der Waals surface area contributed by atoms with Gasteiger partial charge in [-0.1, -0.05) is 101 Å². The standard InChI is InChI=1S/C31H43N/c1-30(19-5-3-6-20-30)26-15-11-24(12-16-26)29(28-10-9-23-32-28)25-13-17-27(18-14-25)31(2)21-7-4-8-22-31/h11-18,28-29,32H,3-10,19-23H2,1-2H3/t28-/m0/s1. The van der Waals surface area contributed by atoms with Crippen molar-refractivity contribution in [3.05, 3.63) is 70.8 Å². The minimum atomic E-state index is 0.384. The van der Waals surface area contributed by atoms with E-state index in [-0.39, 0.29) is 0 Å². The van der Waals surface area contributed by atoms with E-state index in [1.165, 1.54) is 88.2 Å². The van der Waals surface area contributed by atoms with Gasteiger partial charge in [0.05, 0.1) is 0 Å². The molecule has 2 aromatic rings. The van der Waals surface area contributed by atoms with Crippen LogP contribution in [-0.2, 0) is 10.8 Å². The summed E-state index contributed by atoms with van der Waals surface area (Å²) in [6.45, 7) is 6.14. The van der Waals surface area contributed by atoms with Gasteiger partial charge in [0.15, 0.2) is 0 Å². The van der Waals surface area contributed by atoms with Crippen molar-refractivity contribution in [3.63, 3.8) is 0 Å². The summed E-state index contributed by atoms with van der Waals surface area (Å²) in [5, 5.41) is 3.82. The molecule has 1 nitrogen and oxygen atoms in total. The maximum atomic E-state index is 3.82. The molecule has 32 heavy (non-hydrogen) atoms. The zero-order valence-corrected chi connectivity index (χ0v) is 20.5. The van der Waals surface area contributed by atoms with Gasteiger partial charge in [-0.3, -0.25) is 0 Å². The van der Waals surface area contributed by atoms with Crippen LogP contribution in [0.4, 0.5) is 0 Å². The average Bonchev–Trinajstić information content (AvgIpc) is 3.35. The molecule has 172 valence electrons. The number of benzene rings is 2. The molecule has 1 aliphatic heterocycles. The number of hydrogen-bond donors (Lipinski definition) is 1. The molecule has 2 aromatic carbocycles. The molecule has 5 rings (SSSR count). The van der Waals surface area contributed by atoms with Crippen LogP contribution in [0.15, 0.2) is 48.5 Å². The highest BCUT2D eigenvalue weighted by molar-refractivity contribution is 5.40. The Morgan fingerprint density at radius 2 is 1.06 bits per heavy atom. The molecule has 1 heterocycles. The van der Waals surface area contributed by atoms with Gasteiger partial charge in [-0.25, -0.2) is 0 Å². The van der Waals surface area contributed by atoms with Crippen molar-refractivity contribution in [3.8, 4) is 0 Å². The smallest absolute Gasteiger partial charge is 0.0243 e. The van der Waals surface area contributed by atoms with Gasteiger partial charge in [0, 0.05) is 12.0 Å². The van der Waals surface area contributed by atoms with Crippen molar-refractivity contribution in [1.82, 2.24) is 5.32 Å². The predicted octanol–water partition coefficient (Wildman–Crippen LogP) is 8.01. The molecule has 3 fully saturated rings. The lowest BCUT2D eigenvalue weighted by molar-refractivity contribution is 0.319. The first kappa shape index (κ1) is 22.2. The molecule has 0 aromatic heterocycles. The quantitative estimate of drug-likeness (QED) is 0.507. The van der Waals surface area contributed by atoms with Crippen molar-refractivity contribution >= 4 is 0 Å². The summed E-state index contributed by atoms with van der Waals surface area (Å²) in [6, 6.07) is 20.2. The van der Waals surface area contributed by atoms with Crippen LogP contribution in [0.2, 0.25) is 0 Å². The molecule has 1 heteroatoms. The van der Waals surface area contributed by atoms with Gasteiger partial charge < -0.3 is 5.32 Å². The zero-order chi connectivity index (χ0) is 22.0. The first-order chi connectivity index (χ1) is 15.6. The highest BCUT2D eigenvalue weighted by atomic mass is 14.9. The normalized spacial score (nSPS) is 25.2.